The third-order valence-corrected chi connectivity index (χ3v) is 4.56. The summed E-state index contributed by atoms with van der Waals surface area (Å²) < 4.78 is 11.6. The minimum Gasteiger partial charge on any atom is -0.490 e. The van der Waals surface area contributed by atoms with E-state index in [0.29, 0.717) is 28.8 Å². The normalized spacial score (nSPS) is 22.0. The SMILES string of the molecule is [C-]#[N+]c1ccc(OC2CC2)c(-c2cnc(C(=O)N[C@H]3CN[C@H](C)C3)o2)c1. The van der Waals surface area contributed by atoms with Gasteiger partial charge in [0.05, 0.1) is 24.4 Å². The van der Waals surface area contributed by atoms with Crippen LogP contribution in [0.4, 0.5) is 5.69 Å². The molecule has 4 rings (SSSR count). The minimum absolute atomic E-state index is 0.0186. The Morgan fingerprint density at radius 3 is 3.00 bits per heavy atom. The quantitative estimate of drug-likeness (QED) is 0.809. The van der Waals surface area contributed by atoms with Gasteiger partial charge in [0, 0.05) is 18.6 Å². The molecule has 1 aromatic carbocycles. The van der Waals surface area contributed by atoms with E-state index in [1.54, 1.807) is 18.2 Å². The standard InChI is InChI=1S/C19H20N4O3/c1-11-7-13(9-21-11)23-18(24)19-22-10-17(26-19)15-8-12(20-2)3-6-16(15)25-14-4-5-14/h3,6,8,10-11,13-14,21H,4-5,7,9H2,1H3,(H,23,24)/t11-,13-/m1/s1. The number of benzene rings is 1. The predicted octanol–water partition coefficient (Wildman–Crippen LogP) is 2.91. The maximum absolute atomic E-state index is 12.4. The van der Waals surface area contributed by atoms with E-state index in [-0.39, 0.29) is 23.9 Å². The first-order valence-corrected chi connectivity index (χ1v) is 8.81. The molecule has 26 heavy (non-hydrogen) atoms. The van der Waals surface area contributed by atoms with Crippen LogP contribution in [0.1, 0.15) is 36.9 Å². The molecule has 0 unspecified atom stereocenters. The second-order valence-electron chi connectivity index (χ2n) is 6.85. The number of carbonyl (C=O) groups is 1. The van der Waals surface area contributed by atoms with Crippen molar-refractivity contribution in [2.75, 3.05) is 6.54 Å². The van der Waals surface area contributed by atoms with Crippen molar-refractivity contribution in [3.8, 4) is 17.1 Å². The van der Waals surface area contributed by atoms with E-state index >= 15 is 0 Å². The smallest absolute Gasteiger partial charge is 0.307 e. The number of hydrogen-bond donors (Lipinski definition) is 2. The highest BCUT2D eigenvalue weighted by atomic mass is 16.5. The predicted molar refractivity (Wildman–Crippen MR) is 95.2 cm³/mol. The van der Waals surface area contributed by atoms with Crippen LogP contribution in [0, 0.1) is 6.57 Å². The van der Waals surface area contributed by atoms with Gasteiger partial charge in [-0.3, -0.25) is 4.79 Å². The Morgan fingerprint density at radius 2 is 2.31 bits per heavy atom. The number of amides is 1. The number of carbonyl (C=O) groups excluding carboxylic acids is 1. The van der Waals surface area contributed by atoms with Crippen LogP contribution in [-0.4, -0.2) is 35.6 Å². The Kier molecular flexibility index (Phi) is 4.35. The van der Waals surface area contributed by atoms with Crippen molar-refractivity contribution in [3.63, 3.8) is 0 Å². The van der Waals surface area contributed by atoms with Crippen molar-refractivity contribution >= 4 is 11.6 Å². The molecule has 0 radical (unpaired) electrons. The molecule has 0 bridgehead atoms. The van der Waals surface area contributed by atoms with E-state index in [1.807, 2.05) is 0 Å². The number of aromatic nitrogens is 1. The average Bonchev–Trinajstić information content (AvgIpc) is 3.15. The van der Waals surface area contributed by atoms with Gasteiger partial charge in [0.1, 0.15) is 5.75 Å². The molecule has 2 N–H and O–H groups in total. The number of nitrogens with one attached hydrogen (secondary N) is 2. The first-order chi connectivity index (χ1) is 12.6. The largest absolute Gasteiger partial charge is 0.490 e. The van der Waals surface area contributed by atoms with Crippen molar-refractivity contribution in [1.82, 2.24) is 15.6 Å². The second-order valence-corrected chi connectivity index (χ2v) is 6.85. The van der Waals surface area contributed by atoms with Gasteiger partial charge in [-0.05, 0) is 38.3 Å². The van der Waals surface area contributed by atoms with Gasteiger partial charge in [-0.15, -0.1) is 0 Å². The van der Waals surface area contributed by atoms with E-state index in [4.69, 9.17) is 15.7 Å². The molecule has 1 aromatic heterocycles. The highest BCUT2D eigenvalue weighted by Crippen LogP contribution is 2.37. The van der Waals surface area contributed by atoms with Crippen molar-refractivity contribution in [1.29, 1.82) is 0 Å². The maximum atomic E-state index is 12.4. The average molecular weight is 352 g/mol. The van der Waals surface area contributed by atoms with Crippen molar-refractivity contribution in [2.24, 2.45) is 0 Å². The van der Waals surface area contributed by atoms with Crippen LogP contribution in [0.5, 0.6) is 5.75 Å². The van der Waals surface area contributed by atoms with Crippen LogP contribution in [0.3, 0.4) is 0 Å². The summed E-state index contributed by atoms with van der Waals surface area (Å²) >= 11 is 0. The Labute approximate surface area is 151 Å². The van der Waals surface area contributed by atoms with Gasteiger partial charge in [-0.2, -0.15) is 0 Å². The molecule has 1 aliphatic carbocycles. The number of nitrogens with zero attached hydrogens (tertiary/aromatic N) is 2. The van der Waals surface area contributed by atoms with Crippen LogP contribution >= 0.6 is 0 Å². The Bertz CT molecular complexity index is 866. The fourth-order valence-electron chi connectivity index (χ4n) is 3.05. The Balaban J connectivity index is 1.55. The highest BCUT2D eigenvalue weighted by Gasteiger charge is 2.27. The van der Waals surface area contributed by atoms with Gasteiger partial charge in [-0.25, -0.2) is 9.83 Å². The summed E-state index contributed by atoms with van der Waals surface area (Å²) in [4.78, 5) is 19.9. The lowest BCUT2D eigenvalue weighted by atomic mass is 10.1. The summed E-state index contributed by atoms with van der Waals surface area (Å²) in [6.07, 6.45) is 4.66. The van der Waals surface area contributed by atoms with E-state index in [0.717, 1.165) is 25.8 Å². The van der Waals surface area contributed by atoms with Crippen molar-refractivity contribution in [2.45, 2.75) is 44.4 Å². The molecule has 2 fully saturated rings. The molecule has 2 heterocycles. The molecule has 7 heteroatoms. The van der Waals surface area contributed by atoms with Crippen LogP contribution < -0.4 is 15.4 Å². The van der Waals surface area contributed by atoms with Crippen LogP contribution in [0.15, 0.2) is 28.8 Å². The molecule has 7 nitrogen and oxygen atoms in total. The van der Waals surface area contributed by atoms with Gasteiger partial charge in [-0.1, -0.05) is 6.07 Å². The van der Waals surface area contributed by atoms with Gasteiger partial charge in [0.2, 0.25) is 0 Å². The topological polar surface area (TPSA) is 80.8 Å². The molecule has 134 valence electrons. The second kappa shape index (κ2) is 6.81. The molecule has 2 atom stereocenters. The summed E-state index contributed by atoms with van der Waals surface area (Å²) in [6, 6.07) is 5.66. The first kappa shape index (κ1) is 16.6. The van der Waals surface area contributed by atoms with Crippen LogP contribution in [-0.2, 0) is 0 Å². The molecule has 2 aromatic rings. The molecule has 1 saturated carbocycles. The van der Waals surface area contributed by atoms with E-state index in [9.17, 15) is 4.79 Å². The molecule has 0 spiro atoms. The molecule has 1 aliphatic heterocycles. The van der Waals surface area contributed by atoms with E-state index < -0.39 is 0 Å². The number of oxazole rings is 1. The van der Waals surface area contributed by atoms with E-state index in [2.05, 4.69) is 27.4 Å². The minimum atomic E-state index is -0.330. The maximum Gasteiger partial charge on any atom is 0.307 e. The third-order valence-electron chi connectivity index (χ3n) is 4.56. The molecule has 1 saturated heterocycles. The molecular weight excluding hydrogens is 332 g/mol. The third kappa shape index (κ3) is 3.55. The molecule has 2 aliphatic rings. The van der Waals surface area contributed by atoms with Gasteiger partial charge >= 0.3 is 5.91 Å². The van der Waals surface area contributed by atoms with Gasteiger partial charge < -0.3 is 19.8 Å². The number of rotatable bonds is 5. The first-order valence-electron chi connectivity index (χ1n) is 8.81. The number of hydrogen-bond acceptors (Lipinski definition) is 5. The van der Waals surface area contributed by atoms with Gasteiger partial charge in [0.25, 0.3) is 5.89 Å². The van der Waals surface area contributed by atoms with Crippen LogP contribution in [0.25, 0.3) is 16.2 Å². The van der Waals surface area contributed by atoms with Gasteiger partial charge in [0.15, 0.2) is 11.4 Å². The number of ether oxygens (including phenoxy) is 1. The fraction of sp³-hybridized carbons (Fsp3) is 0.421. The Morgan fingerprint density at radius 1 is 1.46 bits per heavy atom. The lowest BCUT2D eigenvalue weighted by molar-refractivity contribution is 0.0905. The summed E-state index contributed by atoms with van der Waals surface area (Å²) in [5.41, 5.74) is 1.13. The summed E-state index contributed by atoms with van der Waals surface area (Å²) in [5.74, 6) is 0.763. The Hall–Kier alpha value is -2.85. The fourth-order valence-corrected chi connectivity index (χ4v) is 3.05. The zero-order valence-corrected chi connectivity index (χ0v) is 14.5. The summed E-state index contributed by atoms with van der Waals surface area (Å²) in [7, 11) is 0. The van der Waals surface area contributed by atoms with Crippen molar-refractivity contribution < 1.29 is 13.9 Å². The lowest BCUT2D eigenvalue weighted by Gasteiger charge is -2.10. The molecule has 1 amide bonds. The monoisotopic (exact) mass is 352 g/mol. The molecular formula is C19H20N4O3. The highest BCUT2D eigenvalue weighted by molar-refractivity contribution is 5.90. The lowest BCUT2D eigenvalue weighted by Crippen LogP contribution is -2.36. The zero-order valence-electron chi connectivity index (χ0n) is 14.5. The van der Waals surface area contributed by atoms with Crippen molar-refractivity contribution in [3.05, 3.63) is 41.7 Å². The van der Waals surface area contributed by atoms with Crippen LogP contribution in [0.2, 0.25) is 0 Å². The summed E-state index contributed by atoms with van der Waals surface area (Å²) in [5, 5.41) is 6.22. The van der Waals surface area contributed by atoms with E-state index in [1.165, 1.54) is 6.20 Å². The zero-order chi connectivity index (χ0) is 18.1. The summed E-state index contributed by atoms with van der Waals surface area (Å²) in [6.45, 7) is 10.0.